The summed E-state index contributed by atoms with van der Waals surface area (Å²) in [5.74, 6) is -0.947. The monoisotopic (exact) mass is 338 g/mol. The Morgan fingerprint density at radius 2 is 1.60 bits per heavy atom. The third kappa shape index (κ3) is 4.56. The highest BCUT2D eigenvalue weighted by molar-refractivity contribution is 5.98. The number of Topliss-reactive ketones (excluding diaryl/α,β-unsaturated/α-hetero) is 1. The summed E-state index contributed by atoms with van der Waals surface area (Å²) >= 11 is 0. The molecule has 0 aromatic heterocycles. The summed E-state index contributed by atoms with van der Waals surface area (Å²) in [6, 6.07) is 15.5. The van der Waals surface area contributed by atoms with Gasteiger partial charge in [-0.15, -0.1) is 0 Å². The van der Waals surface area contributed by atoms with Crippen LogP contribution in [0.15, 0.2) is 48.5 Å². The highest BCUT2D eigenvalue weighted by atomic mass is 16.4. The molecule has 2 unspecified atom stereocenters. The lowest BCUT2D eigenvalue weighted by molar-refractivity contribution is -0.141. The topological polar surface area (TPSA) is 54.4 Å². The summed E-state index contributed by atoms with van der Waals surface area (Å²) in [4.78, 5) is 23.6. The highest BCUT2D eigenvalue weighted by Gasteiger charge is 2.18. The van der Waals surface area contributed by atoms with Crippen LogP contribution in [0.4, 0.5) is 0 Å². The number of benzene rings is 2. The Labute approximate surface area is 149 Å². The lowest BCUT2D eigenvalue weighted by Crippen LogP contribution is -2.15. The smallest absolute Gasteiger partial charge is 0.306 e. The van der Waals surface area contributed by atoms with Crippen LogP contribution in [-0.2, 0) is 11.2 Å². The number of aliphatic carboxylic acids is 1. The van der Waals surface area contributed by atoms with Gasteiger partial charge in [0.25, 0.3) is 0 Å². The van der Waals surface area contributed by atoms with E-state index in [0.717, 1.165) is 28.7 Å². The van der Waals surface area contributed by atoms with Gasteiger partial charge in [0.1, 0.15) is 0 Å². The van der Waals surface area contributed by atoms with Crippen molar-refractivity contribution in [1.82, 2.24) is 0 Å². The molecule has 3 nitrogen and oxygen atoms in total. The molecule has 1 N–H and O–H groups in total. The molecule has 2 aromatic carbocycles. The van der Waals surface area contributed by atoms with Crippen LogP contribution in [-0.4, -0.2) is 16.9 Å². The maximum absolute atomic E-state index is 12.3. The lowest BCUT2D eigenvalue weighted by atomic mass is 9.90. The van der Waals surface area contributed by atoms with E-state index in [1.165, 1.54) is 0 Å². The Hall–Kier alpha value is -2.42. The Kier molecular flexibility index (Phi) is 6.51. The van der Waals surface area contributed by atoms with Crippen LogP contribution in [0.5, 0.6) is 0 Å². The van der Waals surface area contributed by atoms with Crippen molar-refractivity contribution < 1.29 is 14.7 Å². The number of hydrogen-bond acceptors (Lipinski definition) is 2. The molecule has 0 saturated carbocycles. The number of carboxylic acids is 1. The first-order valence-corrected chi connectivity index (χ1v) is 8.93. The first kappa shape index (κ1) is 18.9. The first-order chi connectivity index (χ1) is 12.0. The van der Waals surface area contributed by atoms with Crippen LogP contribution in [0.3, 0.4) is 0 Å². The van der Waals surface area contributed by atoms with E-state index in [-0.39, 0.29) is 17.6 Å². The second-order valence-electron chi connectivity index (χ2n) is 6.56. The zero-order valence-electron chi connectivity index (χ0n) is 15.2. The largest absolute Gasteiger partial charge is 0.481 e. The number of carbonyl (C=O) groups excluding carboxylic acids is 1. The summed E-state index contributed by atoms with van der Waals surface area (Å²) in [5.41, 5.74) is 3.80. The second-order valence-corrected chi connectivity index (χ2v) is 6.56. The number of carbonyl (C=O) groups is 2. The number of ketones is 1. The van der Waals surface area contributed by atoms with Crippen LogP contribution in [0.2, 0.25) is 0 Å². The predicted molar refractivity (Wildman–Crippen MR) is 101 cm³/mol. The van der Waals surface area contributed by atoms with Gasteiger partial charge in [0.05, 0.1) is 5.92 Å². The molecule has 0 bridgehead atoms. The van der Waals surface area contributed by atoms with Crippen molar-refractivity contribution in [2.75, 3.05) is 0 Å². The molecule has 0 aliphatic heterocycles. The minimum atomic E-state index is -0.758. The van der Waals surface area contributed by atoms with Crippen molar-refractivity contribution in [1.29, 1.82) is 0 Å². The third-order valence-electron chi connectivity index (χ3n) is 4.87. The molecule has 0 aliphatic rings. The zero-order chi connectivity index (χ0) is 18.4. The van der Waals surface area contributed by atoms with Crippen molar-refractivity contribution >= 4 is 11.8 Å². The molecule has 0 radical (unpaired) electrons. The molecule has 2 aromatic rings. The number of carboxylic acid groups (broad SMARTS) is 1. The number of rotatable bonds is 8. The Morgan fingerprint density at radius 3 is 2.16 bits per heavy atom. The highest BCUT2D eigenvalue weighted by Crippen LogP contribution is 2.27. The fourth-order valence-electron chi connectivity index (χ4n) is 2.94. The van der Waals surface area contributed by atoms with E-state index < -0.39 is 5.97 Å². The van der Waals surface area contributed by atoms with Gasteiger partial charge in [-0.25, -0.2) is 0 Å². The van der Waals surface area contributed by atoms with Gasteiger partial charge in [0.15, 0.2) is 5.78 Å². The van der Waals surface area contributed by atoms with E-state index in [0.29, 0.717) is 12.8 Å². The maximum atomic E-state index is 12.3. The first-order valence-electron chi connectivity index (χ1n) is 8.93. The van der Waals surface area contributed by atoms with Crippen LogP contribution >= 0.6 is 0 Å². The molecule has 0 fully saturated rings. The van der Waals surface area contributed by atoms with Crippen LogP contribution in [0.25, 0.3) is 11.1 Å². The quantitative estimate of drug-likeness (QED) is 0.670. The molecule has 0 amide bonds. The SMILES string of the molecule is CCC(C)C(=O)c1ccc(-c2ccccc2CC(CC)C(=O)O)cc1. The maximum Gasteiger partial charge on any atom is 0.306 e. The Morgan fingerprint density at radius 1 is 0.960 bits per heavy atom. The van der Waals surface area contributed by atoms with E-state index in [4.69, 9.17) is 0 Å². The fraction of sp³-hybridized carbons (Fsp3) is 0.364. The van der Waals surface area contributed by atoms with E-state index in [1.807, 2.05) is 69.3 Å². The summed E-state index contributed by atoms with van der Waals surface area (Å²) in [5, 5.41) is 9.33. The van der Waals surface area contributed by atoms with Gasteiger partial charge in [-0.2, -0.15) is 0 Å². The van der Waals surface area contributed by atoms with Gasteiger partial charge in [0, 0.05) is 11.5 Å². The Balaban J connectivity index is 2.30. The van der Waals surface area contributed by atoms with Crippen molar-refractivity contribution in [3.63, 3.8) is 0 Å². The molecule has 2 rings (SSSR count). The lowest BCUT2D eigenvalue weighted by Gasteiger charge is -2.14. The van der Waals surface area contributed by atoms with Crippen LogP contribution in [0, 0.1) is 11.8 Å². The van der Waals surface area contributed by atoms with Crippen molar-refractivity contribution in [3.8, 4) is 11.1 Å². The molecular formula is C22H26O3. The third-order valence-corrected chi connectivity index (χ3v) is 4.87. The molecule has 132 valence electrons. The van der Waals surface area contributed by atoms with Gasteiger partial charge < -0.3 is 5.11 Å². The van der Waals surface area contributed by atoms with Crippen molar-refractivity contribution in [2.45, 2.75) is 40.0 Å². The zero-order valence-corrected chi connectivity index (χ0v) is 15.2. The molecule has 0 aliphatic carbocycles. The second kappa shape index (κ2) is 8.61. The minimum Gasteiger partial charge on any atom is -0.481 e. The number of hydrogen-bond donors (Lipinski definition) is 1. The summed E-state index contributed by atoms with van der Waals surface area (Å²) in [6.45, 7) is 5.86. The molecule has 3 heteroatoms. The van der Waals surface area contributed by atoms with E-state index >= 15 is 0 Å². The Bertz CT molecular complexity index is 731. The molecule has 0 saturated heterocycles. The van der Waals surface area contributed by atoms with Crippen molar-refractivity contribution in [2.24, 2.45) is 11.8 Å². The minimum absolute atomic E-state index is 0.0269. The average Bonchev–Trinajstić information content (AvgIpc) is 2.65. The molecule has 0 spiro atoms. The molecular weight excluding hydrogens is 312 g/mol. The van der Waals surface area contributed by atoms with Crippen LogP contribution in [0.1, 0.15) is 49.5 Å². The molecule has 0 heterocycles. The summed E-state index contributed by atoms with van der Waals surface area (Å²) < 4.78 is 0. The summed E-state index contributed by atoms with van der Waals surface area (Å²) in [7, 11) is 0. The van der Waals surface area contributed by atoms with Gasteiger partial charge >= 0.3 is 5.97 Å². The normalized spacial score (nSPS) is 13.2. The van der Waals surface area contributed by atoms with Gasteiger partial charge in [0.2, 0.25) is 0 Å². The fourth-order valence-corrected chi connectivity index (χ4v) is 2.94. The van der Waals surface area contributed by atoms with E-state index in [9.17, 15) is 14.7 Å². The predicted octanol–water partition coefficient (Wildman–Crippen LogP) is 5.24. The average molecular weight is 338 g/mol. The van der Waals surface area contributed by atoms with E-state index in [1.54, 1.807) is 0 Å². The summed E-state index contributed by atoms with van der Waals surface area (Å²) in [6.07, 6.45) is 1.94. The molecule has 25 heavy (non-hydrogen) atoms. The van der Waals surface area contributed by atoms with Crippen LogP contribution < -0.4 is 0 Å². The molecule has 2 atom stereocenters. The van der Waals surface area contributed by atoms with E-state index in [2.05, 4.69) is 0 Å². The van der Waals surface area contributed by atoms with Crippen molar-refractivity contribution in [3.05, 3.63) is 59.7 Å². The van der Waals surface area contributed by atoms with Gasteiger partial charge in [-0.3, -0.25) is 9.59 Å². The van der Waals surface area contributed by atoms with Gasteiger partial charge in [-0.1, -0.05) is 69.3 Å². The standard InChI is InChI=1S/C22H26O3/c1-4-15(3)21(23)18-12-10-17(11-13-18)20-9-7-6-8-19(20)14-16(5-2)22(24)25/h6-13,15-16H,4-5,14H2,1-3H3,(H,24,25). The van der Waals surface area contributed by atoms with Gasteiger partial charge in [-0.05, 0) is 36.0 Å².